The second-order valence-corrected chi connectivity index (χ2v) is 4.13. The number of halogens is 1. The zero-order valence-corrected chi connectivity index (χ0v) is 11.0. The molecule has 18 heavy (non-hydrogen) atoms. The number of carbonyl (C=O) groups is 1. The van der Waals surface area contributed by atoms with Crippen molar-refractivity contribution >= 4 is 17.5 Å². The Morgan fingerprint density at radius 1 is 1.50 bits per heavy atom. The van der Waals surface area contributed by atoms with E-state index in [2.05, 4.69) is 17.2 Å². The molecular weight excluding hydrogens is 250 g/mol. The second kappa shape index (κ2) is 7.75. The molecule has 1 rings (SSSR count). The van der Waals surface area contributed by atoms with Gasteiger partial charge in [-0.1, -0.05) is 30.4 Å². The van der Waals surface area contributed by atoms with Crippen LogP contribution in [0.1, 0.15) is 35.7 Å². The van der Waals surface area contributed by atoms with Crippen molar-refractivity contribution in [3.63, 3.8) is 0 Å². The molecule has 2 N–H and O–H groups in total. The topological polar surface area (TPSA) is 49.3 Å². The van der Waals surface area contributed by atoms with E-state index in [-0.39, 0.29) is 12.5 Å². The summed E-state index contributed by atoms with van der Waals surface area (Å²) in [4.78, 5) is 11.7. The van der Waals surface area contributed by atoms with Gasteiger partial charge in [-0.15, -0.1) is 0 Å². The number of aliphatic hydroxyl groups is 1. The lowest BCUT2D eigenvalue weighted by molar-refractivity contribution is 0.0953. The minimum atomic E-state index is -0.131. The molecule has 0 aliphatic rings. The average Bonchev–Trinajstić information content (AvgIpc) is 2.38. The molecule has 0 saturated carbocycles. The number of amides is 1. The van der Waals surface area contributed by atoms with Crippen molar-refractivity contribution in [1.82, 2.24) is 5.32 Å². The Morgan fingerprint density at radius 3 is 2.89 bits per heavy atom. The van der Waals surface area contributed by atoms with Crippen LogP contribution in [0.2, 0.25) is 5.02 Å². The summed E-state index contributed by atoms with van der Waals surface area (Å²) in [6.07, 6.45) is 1.30. The van der Waals surface area contributed by atoms with Crippen molar-refractivity contribution < 1.29 is 9.90 Å². The molecule has 96 valence electrons. The SMILES string of the molecule is CCCNC(=O)c1ccc(C#CCCO)c(Cl)c1. The second-order valence-electron chi connectivity index (χ2n) is 3.73. The Hall–Kier alpha value is -1.50. The number of rotatable bonds is 4. The number of benzene rings is 1. The molecule has 0 aliphatic carbocycles. The Labute approximate surface area is 112 Å². The van der Waals surface area contributed by atoms with Crippen molar-refractivity contribution in [2.24, 2.45) is 0 Å². The highest BCUT2D eigenvalue weighted by molar-refractivity contribution is 6.32. The lowest BCUT2D eigenvalue weighted by atomic mass is 10.1. The Bertz CT molecular complexity index is 474. The van der Waals surface area contributed by atoms with Gasteiger partial charge < -0.3 is 10.4 Å². The molecule has 0 bridgehead atoms. The van der Waals surface area contributed by atoms with Gasteiger partial charge >= 0.3 is 0 Å². The fourth-order valence-electron chi connectivity index (χ4n) is 1.31. The van der Waals surface area contributed by atoms with Crippen LogP contribution in [0.3, 0.4) is 0 Å². The van der Waals surface area contributed by atoms with Crippen LogP contribution in [0.15, 0.2) is 18.2 Å². The zero-order chi connectivity index (χ0) is 13.4. The van der Waals surface area contributed by atoms with Crippen molar-refractivity contribution in [2.45, 2.75) is 19.8 Å². The maximum atomic E-state index is 11.7. The van der Waals surface area contributed by atoms with Gasteiger partial charge in [0.15, 0.2) is 0 Å². The van der Waals surface area contributed by atoms with Gasteiger partial charge in [0.05, 0.1) is 11.6 Å². The third-order valence-corrected chi connectivity index (χ3v) is 2.54. The first-order valence-electron chi connectivity index (χ1n) is 5.86. The summed E-state index contributed by atoms with van der Waals surface area (Å²) in [6, 6.07) is 5.02. The Kier molecular flexibility index (Phi) is 6.27. The summed E-state index contributed by atoms with van der Waals surface area (Å²) in [7, 11) is 0. The molecule has 0 aromatic heterocycles. The minimum Gasteiger partial charge on any atom is -0.395 e. The van der Waals surface area contributed by atoms with E-state index in [0.717, 1.165) is 6.42 Å². The van der Waals surface area contributed by atoms with Crippen molar-refractivity contribution in [1.29, 1.82) is 0 Å². The van der Waals surface area contributed by atoms with Crippen LogP contribution >= 0.6 is 11.6 Å². The van der Waals surface area contributed by atoms with E-state index in [1.807, 2.05) is 6.92 Å². The maximum Gasteiger partial charge on any atom is 0.251 e. The number of carbonyl (C=O) groups excluding carboxylic acids is 1. The zero-order valence-electron chi connectivity index (χ0n) is 10.3. The molecular formula is C14H16ClNO2. The van der Waals surface area contributed by atoms with Gasteiger partial charge in [0.1, 0.15) is 0 Å². The highest BCUT2D eigenvalue weighted by Gasteiger charge is 2.06. The summed E-state index contributed by atoms with van der Waals surface area (Å²) >= 11 is 6.04. The van der Waals surface area contributed by atoms with Gasteiger partial charge in [-0.3, -0.25) is 4.79 Å². The van der Waals surface area contributed by atoms with Crippen molar-refractivity contribution in [3.05, 3.63) is 34.3 Å². The monoisotopic (exact) mass is 265 g/mol. The molecule has 4 heteroatoms. The number of nitrogens with one attached hydrogen (secondary N) is 1. The van der Waals surface area contributed by atoms with E-state index in [1.54, 1.807) is 18.2 Å². The van der Waals surface area contributed by atoms with Gasteiger partial charge in [-0.25, -0.2) is 0 Å². The maximum absolute atomic E-state index is 11.7. The first-order valence-corrected chi connectivity index (χ1v) is 6.24. The summed E-state index contributed by atoms with van der Waals surface area (Å²) in [5, 5.41) is 11.9. The molecule has 0 aliphatic heterocycles. The molecule has 0 saturated heterocycles. The fourth-order valence-corrected chi connectivity index (χ4v) is 1.54. The van der Waals surface area contributed by atoms with Gasteiger partial charge in [0.25, 0.3) is 5.91 Å². The molecule has 1 amide bonds. The standard InChI is InChI=1S/C14H16ClNO2/c1-2-8-16-14(18)12-7-6-11(13(15)10-12)5-3-4-9-17/h6-7,10,17H,2,4,8-9H2,1H3,(H,16,18). The molecule has 3 nitrogen and oxygen atoms in total. The van der Waals surface area contributed by atoms with Gasteiger partial charge in [-0.2, -0.15) is 0 Å². The van der Waals surface area contributed by atoms with Crippen LogP contribution in [-0.2, 0) is 0 Å². The van der Waals surface area contributed by atoms with Crippen molar-refractivity contribution in [3.8, 4) is 11.8 Å². The van der Waals surface area contributed by atoms with Crippen LogP contribution in [-0.4, -0.2) is 24.2 Å². The van der Waals surface area contributed by atoms with Crippen molar-refractivity contribution in [2.75, 3.05) is 13.2 Å². The Morgan fingerprint density at radius 2 is 2.28 bits per heavy atom. The fraction of sp³-hybridized carbons (Fsp3) is 0.357. The lowest BCUT2D eigenvalue weighted by Gasteiger charge is -2.04. The number of hydrogen-bond acceptors (Lipinski definition) is 2. The summed E-state index contributed by atoms with van der Waals surface area (Å²) in [5.74, 6) is 5.51. The molecule has 0 atom stereocenters. The quantitative estimate of drug-likeness (QED) is 0.820. The van der Waals surface area contributed by atoms with E-state index in [0.29, 0.717) is 29.1 Å². The normalized spacial score (nSPS) is 9.50. The molecule has 1 aromatic rings. The van der Waals surface area contributed by atoms with Gasteiger partial charge in [-0.05, 0) is 24.6 Å². The van der Waals surface area contributed by atoms with Crippen LogP contribution < -0.4 is 5.32 Å². The number of aliphatic hydroxyl groups excluding tert-OH is 1. The molecule has 0 heterocycles. The largest absolute Gasteiger partial charge is 0.395 e. The highest BCUT2D eigenvalue weighted by Crippen LogP contribution is 2.17. The van der Waals surface area contributed by atoms with E-state index < -0.39 is 0 Å². The molecule has 0 radical (unpaired) electrons. The van der Waals surface area contributed by atoms with Crippen LogP contribution in [0.25, 0.3) is 0 Å². The first kappa shape index (κ1) is 14.6. The van der Waals surface area contributed by atoms with E-state index in [9.17, 15) is 4.79 Å². The van der Waals surface area contributed by atoms with Crippen LogP contribution in [0.4, 0.5) is 0 Å². The molecule has 0 unspecified atom stereocenters. The summed E-state index contributed by atoms with van der Waals surface area (Å²) in [6.45, 7) is 2.67. The third kappa shape index (κ3) is 4.40. The smallest absolute Gasteiger partial charge is 0.251 e. The molecule has 1 aromatic carbocycles. The molecule has 0 fully saturated rings. The summed E-state index contributed by atoms with van der Waals surface area (Å²) < 4.78 is 0. The lowest BCUT2D eigenvalue weighted by Crippen LogP contribution is -2.23. The van der Waals surface area contributed by atoms with Gasteiger partial charge in [0.2, 0.25) is 0 Å². The summed E-state index contributed by atoms with van der Waals surface area (Å²) in [5.41, 5.74) is 1.19. The predicted octanol–water partition coefficient (Wildman–Crippen LogP) is 2.21. The van der Waals surface area contributed by atoms with E-state index >= 15 is 0 Å². The Balaban J connectivity index is 2.80. The minimum absolute atomic E-state index is 0.0299. The van der Waals surface area contributed by atoms with Gasteiger partial charge in [0, 0.05) is 24.1 Å². The van der Waals surface area contributed by atoms with E-state index in [4.69, 9.17) is 16.7 Å². The van der Waals surface area contributed by atoms with E-state index in [1.165, 1.54) is 0 Å². The highest BCUT2D eigenvalue weighted by atomic mass is 35.5. The predicted molar refractivity (Wildman–Crippen MR) is 72.7 cm³/mol. The number of hydrogen-bond donors (Lipinski definition) is 2. The van der Waals surface area contributed by atoms with Crippen LogP contribution in [0.5, 0.6) is 0 Å². The van der Waals surface area contributed by atoms with Crippen LogP contribution in [0, 0.1) is 11.8 Å². The third-order valence-electron chi connectivity index (χ3n) is 2.23. The first-order chi connectivity index (χ1) is 8.69. The molecule has 0 spiro atoms. The average molecular weight is 266 g/mol.